The molecule has 0 unspecified atom stereocenters. The Bertz CT molecular complexity index is 776. The Kier molecular flexibility index (Phi) is 6.84. The lowest BCUT2D eigenvalue weighted by Crippen LogP contribution is -2.19. The Morgan fingerprint density at radius 2 is 1.77 bits per heavy atom. The molecule has 0 bridgehead atoms. The first-order chi connectivity index (χ1) is 12.5. The van der Waals surface area contributed by atoms with E-state index in [1.807, 2.05) is 13.0 Å². The predicted molar refractivity (Wildman–Crippen MR) is 99.2 cm³/mol. The largest absolute Gasteiger partial charge is 0.493 e. The van der Waals surface area contributed by atoms with Gasteiger partial charge in [0.2, 0.25) is 0 Å². The molecule has 0 aliphatic heterocycles. The summed E-state index contributed by atoms with van der Waals surface area (Å²) in [5.74, 6) is 0.276. The van der Waals surface area contributed by atoms with Gasteiger partial charge < -0.3 is 25.2 Å². The summed E-state index contributed by atoms with van der Waals surface area (Å²) in [6.45, 7) is 2.39. The molecule has 138 valence electrons. The summed E-state index contributed by atoms with van der Waals surface area (Å²) in [6.07, 6.45) is 0.449. The lowest BCUT2D eigenvalue weighted by molar-refractivity contribution is -0.136. The normalized spacial score (nSPS) is 10.1. The van der Waals surface area contributed by atoms with Crippen molar-refractivity contribution in [2.24, 2.45) is 0 Å². The zero-order valence-corrected chi connectivity index (χ0v) is 14.7. The topological polar surface area (TPSA) is 96.9 Å². The number of aryl methyl sites for hydroxylation is 1. The molecule has 0 saturated carbocycles. The first-order valence-corrected chi connectivity index (χ1v) is 8.21. The number of carbonyl (C=O) groups is 2. The average molecular weight is 358 g/mol. The number of urea groups is 1. The quantitative estimate of drug-likeness (QED) is 0.668. The highest BCUT2D eigenvalue weighted by Crippen LogP contribution is 2.30. The maximum Gasteiger partial charge on any atom is 0.323 e. The number of anilines is 2. The predicted octanol–water partition coefficient (Wildman–Crippen LogP) is 3.76. The Labute approximate surface area is 151 Å². The third-order valence-corrected chi connectivity index (χ3v) is 3.53. The Morgan fingerprint density at radius 3 is 2.42 bits per heavy atom. The highest BCUT2D eigenvalue weighted by molar-refractivity contribution is 6.00. The van der Waals surface area contributed by atoms with E-state index in [0.717, 1.165) is 5.56 Å². The first-order valence-electron chi connectivity index (χ1n) is 8.21. The fourth-order valence-corrected chi connectivity index (χ4v) is 2.37. The smallest absolute Gasteiger partial charge is 0.323 e. The number of aliphatic carboxylic acids is 1. The van der Waals surface area contributed by atoms with Gasteiger partial charge >= 0.3 is 12.0 Å². The van der Waals surface area contributed by atoms with E-state index in [4.69, 9.17) is 14.6 Å². The van der Waals surface area contributed by atoms with E-state index in [1.165, 1.54) is 7.11 Å². The zero-order valence-electron chi connectivity index (χ0n) is 14.7. The molecule has 0 aliphatic carbocycles. The SMILES string of the molecule is CCOc1ccc(NC(=O)Nc2cccc(CCC(=O)O)c2)cc1OC. The number of carbonyl (C=O) groups excluding carboxylic acids is 1. The van der Waals surface area contributed by atoms with E-state index in [-0.39, 0.29) is 6.42 Å². The third-order valence-electron chi connectivity index (χ3n) is 3.53. The van der Waals surface area contributed by atoms with Crippen LogP contribution in [0.2, 0.25) is 0 Å². The maximum absolute atomic E-state index is 12.2. The molecular formula is C19H22N2O5. The molecule has 7 heteroatoms. The van der Waals surface area contributed by atoms with Gasteiger partial charge in [0.05, 0.1) is 13.7 Å². The van der Waals surface area contributed by atoms with E-state index in [2.05, 4.69) is 10.6 Å². The summed E-state index contributed by atoms with van der Waals surface area (Å²) in [4.78, 5) is 22.8. The molecule has 2 amide bonds. The molecular weight excluding hydrogens is 336 g/mol. The minimum absolute atomic E-state index is 0.0433. The van der Waals surface area contributed by atoms with Crippen LogP contribution in [0.25, 0.3) is 0 Å². The number of hydrogen-bond donors (Lipinski definition) is 3. The van der Waals surface area contributed by atoms with E-state index in [1.54, 1.807) is 36.4 Å². The molecule has 0 heterocycles. The van der Waals surface area contributed by atoms with Crippen LogP contribution in [0.5, 0.6) is 11.5 Å². The molecule has 26 heavy (non-hydrogen) atoms. The van der Waals surface area contributed by atoms with Crippen molar-refractivity contribution in [3.63, 3.8) is 0 Å². The van der Waals surface area contributed by atoms with Crippen molar-refractivity contribution in [1.82, 2.24) is 0 Å². The molecule has 3 N–H and O–H groups in total. The standard InChI is InChI=1S/C19H22N2O5/c1-3-26-16-9-8-15(12-17(16)25-2)21-19(24)20-14-6-4-5-13(11-14)7-10-18(22)23/h4-6,8-9,11-12H,3,7,10H2,1-2H3,(H,22,23)(H2,20,21,24). The number of methoxy groups -OCH3 is 1. The van der Waals surface area contributed by atoms with Crippen LogP contribution >= 0.6 is 0 Å². The molecule has 0 aromatic heterocycles. The molecule has 0 atom stereocenters. The van der Waals surface area contributed by atoms with Gasteiger partial charge in [-0.1, -0.05) is 12.1 Å². The third kappa shape index (κ3) is 5.70. The van der Waals surface area contributed by atoms with Gasteiger partial charge in [-0.05, 0) is 43.2 Å². The van der Waals surface area contributed by atoms with Gasteiger partial charge in [0.15, 0.2) is 11.5 Å². The van der Waals surface area contributed by atoms with Crippen molar-refractivity contribution in [3.05, 3.63) is 48.0 Å². The van der Waals surface area contributed by atoms with E-state index >= 15 is 0 Å². The van der Waals surface area contributed by atoms with Crippen LogP contribution in [0.15, 0.2) is 42.5 Å². The van der Waals surface area contributed by atoms with Crippen molar-refractivity contribution in [1.29, 1.82) is 0 Å². The molecule has 0 saturated heterocycles. The van der Waals surface area contributed by atoms with Gasteiger partial charge in [-0.15, -0.1) is 0 Å². The van der Waals surface area contributed by atoms with Gasteiger partial charge in [0.25, 0.3) is 0 Å². The zero-order chi connectivity index (χ0) is 18.9. The lowest BCUT2D eigenvalue weighted by Gasteiger charge is -2.12. The van der Waals surface area contributed by atoms with Gasteiger partial charge in [-0.25, -0.2) is 4.79 Å². The molecule has 0 fully saturated rings. The molecule has 2 rings (SSSR count). The summed E-state index contributed by atoms with van der Waals surface area (Å²) < 4.78 is 10.7. The Morgan fingerprint density at radius 1 is 1.04 bits per heavy atom. The Balaban J connectivity index is 2.00. The van der Waals surface area contributed by atoms with Crippen molar-refractivity contribution in [2.75, 3.05) is 24.4 Å². The summed E-state index contributed by atoms with van der Waals surface area (Å²) in [5.41, 5.74) is 1.99. The number of nitrogens with one attached hydrogen (secondary N) is 2. The van der Waals surface area contributed by atoms with Crippen LogP contribution in [0.4, 0.5) is 16.2 Å². The van der Waals surface area contributed by atoms with Crippen LogP contribution in [0.1, 0.15) is 18.9 Å². The average Bonchev–Trinajstić information content (AvgIpc) is 2.61. The summed E-state index contributed by atoms with van der Waals surface area (Å²) >= 11 is 0. The molecule has 2 aromatic rings. The molecule has 0 spiro atoms. The number of benzene rings is 2. The van der Waals surface area contributed by atoms with Crippen molar-refractivity contribution < 1.29 is 24.2 Å². The number of rotatable bonds is 8. The highest BCUT2D eigenvalue weighted by atomic mass is 16.5. The van der Waals surface area contributed by atoms with Gasteiger partial charge in [0.1, 0.15) is 0 Å². The second-order valence-corrected chi connectivity index (χ2v) is 5.47. The fraction of sp³-hybridized carbons (Fsp3) is 0.263. The molecule has 0 aliphatic rings. The second-order valence-electron chi connectivity index (χ2n) is 5.47. The van der Waals surface area contributed by atoms with Crippen LogP contribution < -0.4 is 20.1 Å². The van der Waals surface area contributed by atoms with E-state index in [9.17, 15) is 9.59 Å². The Hall–Kier alpha value is -3.22. The van der Waals surface area contributed by atoms with Gasteiger partial charge in [0, 0.05) is 23.9 Å². The fourth-order valence-electron chi connectivity index (χ4n) is 2.37. The molecule has 2 aromatic carbocycles. The monoisotopic (exact) mass is 358 g/mol. The van der Waals surface area contributed by atoms with Crippen molar-refractivity contribution >= 4 is 23.4 Å². The summed E-state index contributed by atoms with van der Waals surface area (Å²) in [6, 6.07) is 11.8. The van der Waals surface area contributed by atoms with Gasteiger partial charge in [-0.3, -0.25) is 4.79 Å². The lowest BCUT2D eigenvalue weighted by atomic mass is 10.1. The minimum atomic E-state index is -0.856. The van der Waals surface area contributed by atoms with Crippen LogP contribution in [-0.2, 0) is 11.2 Å². The van der Waals surface area contributed by atoms with Gasteiger partial charge in [-0.2, -0.15) is 0 Å². The molecule has 7 nitrogen and oxygen atoms in total. The van der Waals surface area contributed by atoms with Crippen LogP contribution in [-0.4, -0.2) is 30.8 Å². The first kappa shape index (κ1) is 19.1. The van der Waals surface area contributed by atoms with E-state index < -0.39 is 12.0 Å². The maximum atomic E-state index is 12.2. The summed E-state index contributed by atoms with van der Waals surface area (Å²) in [5, 5.41) is 14.2. The number of ether oxygens (including phenoxy) is 2. The highest BCUT2D eigenvalue weighted by Gasteiger charge is 2.08. The number of hydrogen-bond acceptors (Lipinski definition) is 4. The van der Waals surface area contributed by atoms with Crippen LogP contribution in [0, 0.1) is 0 Å². The van der Waals surface area contributed by atoms with Crippen molar-refractivity contribution in [2.45, 2.75) is 19.8 Å². The number of amides is 2. The summed E-state index contributed by atoms with van der Waals surface area (Å²) in [7, 11) is 1.53. The number of carboxylic acids is 1. The van der Waals surface area contributed by atoms with Crippen molar-refractivity contribution in [3.8, 4) is 11.5 Å². The number of carboxylic acid groups (broad SMARTS) is 1. The minimum Gasteiger partial charge on any atom is -0.493 e. The van der Waals surface area contributed by atoms with Crippen LogP contribution in [0.3, 0.4) is 0 Å². The van der Waals surface area contributed by atoms with E-state index in [0.29, 0.717) is 35.9 Å². The molecule has 0 radical (unpaired) electrons. The second kappa shape index (κ2) is 9.31.